The number of amides is 1. The first kappa shape index (κ1) is 29.5. The van der Waals surface area contributed by atoms with Crippen LogP contribution in [0.2, 0.25) is 0 Å². The molecule has 3 N–H and O–H groups in total. The molecule has 1 amide bonds. The number of rotatable bonds is 13. The molecule has 212 valence electrons. The Morgan fingerprint density at radius 3 is 2.62 bits per heavy atom. The van der Waals surface area contributed by atoms with Crippen molar-refractivity contribution in [2.75, 3.05) is 12.3 Å². The van der Waals surface area contributed by atoms with Crippen LogP contribution in [0.3, 0.4) is 0 Å². The number of aliphatic imine (C=N–C) groups is 1. The number of carboxylic acids is 1. The van der Waals surface area contributed by atoms with Crippen molar-refractivity contribution in [3.8, 4) is 11.1 Å². The van der Waals surface area contributed by atoms with Crippen molar-refractivity contribution in [2.45, 2.75) is 57.8 Å². The number of thiophene rings is 1. The van der Waals surface area contributed by atoms with Crippen molar-refractivity contribution < 1.29 is 32.5 Å². The highest BCUT2D eigenvalue weighted by Crippen LogP contribution is 2.50. The van der Waals surface area contributed by atoms with Gasteiger partial charge in [-0.25, -0.2) is 4.98 Å². The topological polar surface area (TPSA) is 163 Å². The van der Waals surface area contributed by atoms with Crippen LogP contribution >= 0.6 is 11.3 Å². The van der Waals surface area contributed by atoms with Gasteiger partial charge >= 0.3 is 5.97 Å². The van der Waals surface area contributed by atoms with Gasteiger partial charge in [-0.15, -0.1) is 11.3 Å². The highest BCUT2D eigenvalue weighted by Gasteiger charge is 2.38. The Kier molecular flexibility index (Phi) is 8.81. The third-order valence-electron chi connectivity index (χ3n) is 7.32. The fourth-order valence-corrected chi connectivity index (χ4v) is 6.49. The van der Waals surface area contributed by atoms with Crippen molar-refractivity contribution >= 4 is 61.1 Å². The molecule has 0 radical (unpaired) electrons. The lowest BCUT2D eigenvalue weighted by Gasteiger charge is -2.27. The minimum absolute atomic E-state index is 0.0857. The number of unbranched alkanes of at least 4 members (excludes halogenated alkanes) is 2. The second-order valence-corrected chi connectivity index (χ2v) is 12.6. The van der Waals surface area contributed by atoms with Crippen LogP contribution in [0, 0.1) is 0 Å². The number of hydrogen-bond acceptors (Lipinski definition) is 8. The van der Waals surface area contributed by atoms with Gasteiger partial charge in [-0.3, -0.25) is 23.9 Å². The molecular formula is C28H31N3O7S2. The van der Waals surface area contributed by atoms with Gasteiger partial charge in [0.25, 0.3) is 16.0 Å². The number of carbonyl (C=O) groups is 3. The number of nitrogens with zero attached hydrogens (tertiary/aromatic N) is 2. The van der Waals surface area contributed by atoms with Crippen molar-refractivity contribution in [3.05, 3.63) is 46.6 Å². The molecule has 1 aliphatic rings. The lowest BCUT2D eigenvalue weighted by molar-refractivity contribution is -0.137. The van der Waals surface area contributed by atoms with E-state index in [0.717, 1.165) is 32.6 Å². The van der Waals surface area contributed by atoms with E-state index in [4.69, 9.17) is 10.1 Å². The zero-order chi connectivity index (χ0) is 29.1. The van der Waals surface area contributed by atoms with Crippen molar-refractivity contribution in [2.24, 2.45) is 4.99 Å². The quantitative estimate of drug-likeness (QED) is 0.140. The molecule has 0 saturated heterocycles. The first-order valence-electron chi connectivity index (χ1n) is 13.0. The van der Waals surface area contributed by atoms with Gasteiger partial charge < -0.3 is 10.4 Å². The number of pyridine rings is 1. The SMILES string of the molecule is CC1=Nc2c(cc(-c3cc(C=O)nc(C(=O)NCCCCCC(=O)O)c3)c3sccc23)C1(C)CCCS(=O)(=O)O. The molecule has 2 aromatic heterocycles. The molecule has 0 aliphatic carbocycles. The van der Waals surface area contributed by atoms with Crippen molar-refractivity contribution in [3.63, 3.8) is 0 Å². The number of fused-ring (bicyclic) bond motifs is 3. The van der Waals surface area contributed by atoms with Crippen LogP contribution < -0.4 is 5.32 Å². The summed E-state index contributed by atoms with van der Waals surface area (Å²) < 4.78 is 32.8. The fourth-order valence-electron chi connectivity index (χ4n) is 5.05. The van der Waals surface area contributed by atoms with Crippen LogP contribution in [0.4, 0.5) is 5.69 Å². The van der Waals surface area contributed by atoms with Crippen LogP contribution in [0.1, 0.15) is 78.9 Å². The smallest absolute Gasteiger partial charge is 0.303 e. The highest BCUT2D eigenvalue weighted by atomic mass is 32.2. The van der Waals surface area contributed by atoms with Gasteiger partial charge in [-0.2, -0.15) is 8.42 Å². The summed E-state index contributed by atoms with van der Waals surface area (Å²) in [6.45, 7) is 4.27. The summed E-state index contributed by atoms with van der Waals surface area (Å²) in [6, 6.07) is 7.25. The summed E-state index contributed by atoms with van der Waals surface area (Å²) in [5, 5.41) is 14.4. The summed E-state index contributed by atoms with van der Waals surface area (Å²) in [4.78, 5) is 44.4. The zero-order valence-electron chi connectivity index (χ0n) is 22.3. The second-order valence-electron chi connectivity index (χ2n) is 10.1. The molecule has 0 saturated carbocycles. The predicted octanol–water partition coefficient (Wildman–Crippen LogP) is 5.18. The number of benzene rings is 1. The lowest BCUT2D eigenvalue weighted by Crippen LogP contribution is -2.28. The molecule has 4 rings (SSSR count). The average Bonchev–Trinajstić information content (AvgIpc) is 3.47. The highest BCUT2D eigenvalue weighted by molar-refractivity contribution is 7.85. The van der Waals surface area contributed by atoms with E-state index in [1.807, 2.05) is 31.4 Å². The molecular weight excluding hydrogens is 554 g/mol. The van der Waals surface area contributed by atoms with Gasteiger partial charge in [0, 0.05) is 39.7 Å². The lowest BCUT2D eigenvalue weighted by atomic mass is 9.75. The third-order valence-corrected chi connectivity index (χ3v) is 9.08. The van der Waals surface area contributed by atoms with E-state index in [2.05, 4.69) is 10.3 Å². The van der Waals surface area contributed by atoms with E-state index >= 15 is 0 Å². The summed E-state index contributed by atoms with van der Waals surface area (Å²) in [7, 11) is -4.09. The molecule has 10 nitrogen and oxygen atoms in total. The van der Waals surface area contributed by atoms with Crippen molar-refractivity contribution in [1.82, 2.24) is 10.3 Å². The normalized spacial score (nSPS) is 16.5. The molecule has 0 bridgehead atoms. The van der Waals surface area contributed by atoms with E-state index in [1.165, 1.54) is 11.3 Å². The third kappa shape index (κ3) is 6.45. The Morgan fingerprint density at radius 2 is 1.93 bits per heavy atom. The van der Waals surface area contributed by atoms with Gasteiger partial charge in [0.15, 0.2) is 6.29 Å². The molecule has 1 aromatic carbocycles. The number of aliphatic carboxylic acids is 1. The zero-order valence-corrected chi connectivity index (χ0v) is 23.9. The molecule has 3 heterocycles. The molecule has 0 spiro atoms. The largest absolute Gasteiger partial charge is 0.481 e. The van der Waals surface area contributed by atoms with E-state index in [1.54, 1.807) is 12.1 Å². The van der Waals surface area contributed by atoms with Gasteiger partial charge in [-0.1, -0.05) is 13.3 Å². The molecule has 0 fully saturated rings. The van der Waals surface area contributed by atoms with E-state index in [0.29, 0.717) is 44.1 Å². The standard InChI is InChI=1S/C28H31N3O7S2/c1-17-28(2,9-6-12-40(36,37)38)22-15-21(26-20(8-11-39-26)25(22)30-17)18-13-19(16-32)31-23(14-18)27(35)29-10-5-3-4-7-24(33)34/h8,11,13-16H,3-7,9-10,12H2,1-2H3,(H,29,35)(H,33,34)(H,36,37,38). The molecule has 12 heteroatoms. The number of carbonyl (C=O) groups excluding carboxylic acids is 2. The monoisotopic (exact) mass is 585 g/mol. The number of aldehydes is 1. The summed E-state index contributed by atoms with van der Waals surface area (Å²) in [5.41, 5.74) is 3.67. The summed E-state index contributed by atoms with van der Waals surface area (Å²) in [5.74, 6) is -1.62. The average molecular weight is 586 g/mol. The number of carboxylic acid groups (broad SMARTS) is 1. The first-order valence-corrected chi connectivity index (χ1v) is 15.4. The minimum Gasteiger partial charge on any atom is -0.481 e. The van der Waals surface area contributed by atoms with Crippen LogP contribution in [0.5, 0.6) is 0 Å². The molecule has 40 heavy (non-hydrogen) atoms. The van der Waals surface area contributed by atoms with Gasteiger partial charge in [0.05, 0.1) is 11.4 Å². The first-order chi connectivity index (χ1) is 18.9. The number of aromatic nitrogens is 1. The second kappa shape index (κ2) is 11.9. The van der Waals surface area contributed by atoms with Gasteiger partial charge in [-0.05, 0) is 73.4 Å². The summed E-state index contributed by atoms with van der Waals surface area (Å²) >= 11 is 1.52. The van der Waals surface area contributed by atoms with E-state index in [9.17, 15) is 27.4 Å². The maximum absolute atomic E-state index is 12.9. The van der Waals surface area contributed by atoms with Crippen LogP contribution in [0.15, 0.2) is 34.6 Å². The van der Waals surface area contributed by atoms with Crippen molar-refractivity contribution in [1.29, 1.82) is 0 Å². The van der Waals surface area contributed by atoms with E-state index in [-0.39, 0.29) is 30.0 Å². The predicted molar refractivity (Wildman–Crippen MR) is 155 cm³/mol. The summed E-state index contributed by atoms with van der Waals surface area (Å²) in [6.07, 6.45) is 3.20. The Hall–Kier alpha value is -3.48. The maximum atomic E-state index is 12.9. The molecule has 1 atom stereocenters. The number of hydrogen-bond donors (Lipinski definition) is 3. The molecule has 3 aromatic rings. The maximum Gasteiger partial charge on any atom is 0.303 e. The Bertz CT molecular complexity index is 1610. The van der Waals surface area contributed by atoms with Gasteiger partial charge in [0.1, 0.15) is 11.4 Å². The van der Waals surface area contributed by atoms with Crippen LogP contribution in [-0.4, -0.2) is 59.2 Å². The fraction of sp³-hybridized carbons (Fsp3) is 0.393. The Labute approximate surface area is 236 Å². The molecule has 1 unspecified atom stereocenters. The van der Waals surface area contributed by atoms with Crippen LogP contribution in [0.25, 0.3) is 21.2 Å². The van der Waals surface area contributed by atoms with Crippen LogP contribution in [-0.2, 0) is 20.3 Å². The minimum atomic E-state index is -4.09. The Morgan fingerprint density at radius 1 is 1.15 bits per heavy atom. The Balaban J connectivity index is 1.66. The van der Waals surface area contributed by atoms with Gasteiger partial charge in [0.2, 0.25) is 0 Å². The number of nitrogens with one attached hydrogen (secondary N) is 1. The van der Waals surface area contributed by atoms with E-state index < -0.39 is 27.4 Å². The molecule has 1 aliphatic heterocycles.